The van der Waals surface area contributed by atoms with Crippen molar-refractivity contribution in [1.82, 2.24) is 10.3 Å². The van der Waals surface area contributed by atoms with Gasteiger partial charge in [0.25, 0.3) is 0 Å². The highest BCUT2D eigenvalue weighted by molar-refractivity contribution is 7.09. The average Bonchev–Trinajstić information content (AvgIpc) is 2.81. The predicted molar refractivity (Wildman–Crippen MR) is 70.3 cm³/mol. The summed E-state index contributed by atoms with van der Waals surface area (Å²) < 4.78 is 5.08. The van der Waals surface area contributed by atoms with Gasteiger partial charge in [-0.3, -0.25) is 0 Å². The van der Waals surface area contributed by atoms with Crippen LogP contribution < -0.4 is 5.32 Å². The molecule has 1 aromatic carbocycles. The van der Waals surface area contributed by atoms with E-state index in [0.717, 1.165) is 16.3 Å². The van der Waals surface area contributed by atoms with Crippen molar-refractivity contribution in [2.45, 2.75) is 20.1 Å². The minimum Gasteiger partial charge on any atom is -0.445 e. The Kier molecular flexibility index (Phi) is 4.30. The second kappa shape index (κ2) is 6.16. The molecule has 0 fully saturated rings. The number of carbonyl (C=O) groups excluding carboxylic acids is 1. The zero-order valence-electron chi connectivity index (χ0n) is 10.1. The molecular formula is C13H14N2O2S. The Hall–Kier alpha value is -1.88. The predicted octanol–water partition coefficient (Wildman–Crippen LogP) is 2.88. The van der Waals surface area contributed by atoms with Crippen LogP contribution in [-0.2, 0) is 17.9 Å². The van der Waals surface area contributed by atoms with E-state index in [1.54, 1.807) is 11.3 Å². The maximum absolute atomic E-state index is 11.4. The number of thiazole rings is 1. The molecule has 94 valence electrons. The summed E-state index contributed by atoms with van der Waals surface area (Å²) in [5, 5.41) is 5.58. The maximum atomic E-state index is 11.4. The number of nitrogens with one attached hydrogen (secondary N) is 1. The lowest BCUT2D eigenvalue weighted by atomic mass is 10.2. The van der Waals surface area contributed by atoms with Crippen molar-refractivity contribution in [3.63, 3.8) is 0 Å². The lowest BCUT2D eigenvalue weighted by Crippen LogP contribution is -2.23. The first-order chi connectivity index (χ1) is 8.74. The van der Waals surface area contributed by atoms with E-state index in [4.69, 9.17) is 4.74 Å². The van der Waals surface area contributed by atoms with Gasteiger partial charge in [0.05, 0.1) is 17.2 Å². The first-order valence-corrected chi connectivity index (χ1v) is 6.47. The third-order valence-corrected chi connectivity index (χ3v) is 3.12. The molecule has 4 nitrogen and oxygen atoms in total. The summed E-state index contributed by atoms with van der Waals surface area (Å²) in [6, 6.07) is 9.57. The number of rotatable bonds is 4. The molecule has 2 aromatic rings. The van der Waals surface area contributed by atoms with Gasteiger partial charge in [-0.2, -0.15) is 0 Å². The molecule has 0 atom stereocenters. The average molecular weight is 262 g/mol. The number of hydrogen-bond acceptors (Lipinski definition) is 4. The summed E-state index contributed by atoms with van der Waals surface area (Å²) in [5.41, 5.74) is 1.83. The van der Waals surface area contributed by atoms with Crippen molar-refractivity contribution in [1.29, 1.82) is 0 Å². The molecule has 0 radical (unpaired) electrons. The van der Waals surface area contributed by atoms with Crippen molar-refractivity contribution in [2.75, 3.05) is 0 Å². The van der Waals surface area contributed by atoms with Crippen LogP contribution in [0.1, 0.15) is 16.3 Å². The number of nitrogens with zero attached hydrogens (tertiary/aromatic N) is 1. The first kappa shape index (κ1) is 12.6. The second-order valence-electron chi connectivity index (χ2n) is 3.77. The summed E-state index contributed by atoms with van der Waals surface area (Å²) in [5.74, 6) is 0. The number of benzene rings is 1. The number of alkyl carbamates (subject to hydrolysis) is 1. The highest BCUT2D eigenvalue weighted by Gasteiger charge is 2.04. The number of hydrogen-bond donors (Lipinski definition) is 1. The summed E-state index contributed by atoms with van der Waals surface area (Å²) in [7, 11) is 0. The maximum Gasteiger partial charge on any atom is 0.407 e. The lowest BCUT2D eigenvalue weighted by molar-refractivity contribution is 0.139. The van der Waals surface area contributed by atoms with Crippen LogP contribution in [0.4, 0.5) is 4.79 Å². The fourth-order valence-corrected chi connectivity index (χ4v) is 2.04. The minimum absolute atomic E-state index is 0.281. The third-order valence-electron chi connectivity index (χ3n) is 2.29. The zero-order valence-corrected chi connectivity index (χ0v) is 10.9. The van der Waals surface area contributed by atoms with Crippen molar-refractivity contribution >= 4 is 17.4 Å². The summed E-state index contributed by atoms with van der Waals surface area (Å²) in [6.07, 6.45) is -0.426. The molecule has 0 unspecified atom stereocenters. The molecule has 0 saturated heterocycles. The van der Waals surface area contributed by atoms with E-state index in [0.29, 0.717) is 6.54 Å². The second-order valence-corrected chi connectivity index (χ2v) is 4.84. The van der Waals surface area contributed by atoms with Gasteiger partial charge >= 0.3 is 6.09 Å². The standard InChI is InChI=1S/C13H14N2O2S/c1-10-15-12(9-18-10)7-14-13(16)17-8-11-5-3-2-4-6-11/h2-6,9H,7-8H2,1H3,(H,14,16). The van der Waals surface area contributed by atoms with E-state index in [2.05, 4.69) is 10.3 Å². The largest absolute Gasteiger partial charge is 0.445 e. The fraction of sp³-hybridized carbons (Fsp3) is 0.231. The molecule has 0 spiro atoms. The molecule has 1 aromatic heterocycles. The van der Waals surface area contributed by atoms with Crippen LogP contribution in [0, 0.1) is 6.92 Å². The summed E-state index contributed by atoms with van der Waals surface area (Å²) in [6.45, 7) is 2.61. The molecule has 1 amide bonds. The molecule has 2 rings (SSSR count). The number of carbonyl (C=O) groups is 1. The summed E-state index contributed by atoms with van der Waals surface area (Å²) in [4.78, 5) is 15.7. The Balaban J connectivity index is 1.73. The minimum atomic E-state index is -0.426. The van der Waals surface area contributed by atoms with E-state index >= 15 is 0 Å². The van der Waals surface area contributed by atoms with Gasteiger partial charge in [-0.1, -0.05) is 30.3 Å². The van der Waals surface area contributed by atoms with Gasteiger partial charge in [-0.15, -0.1) is 11.3 Å². The Bertz CT molecular complexity index is 511. The van der Waals surface area contributed by atoms with E-state index in [1.807, 2.05) is 42.6 Å². The van der Waals surface area contributed by atoms with Crippen molar-refractivity contribution in [3.8, 4) is 0 Å². The number of aromatic nitrogens is 1. The quantitative estimate of drug-likeness (QED) is 0.921. The molecular weight excluding hydrogens is 248 g/mol. The highest BCUT2D eigenvalue weighted by Crippen LogP contribution is 2.07. The normalized spacial score (nSPS) is 10.1. The van der Waals surface area contributed by atoms with Gasteiger partial charge < -0.3 is 10.1 Å². The van der Waals surface area contributed by atoms with Crippen molar-refractivity contribution < 1.29 is 9.53 Å². The van der Waals surface area contributed by atoms with E-state index in [9.17, 15) is 4.79 Å². The smallest absolute Gasteiger partial charge is 0.407 e. The SMILES string of the molecule is Cc1nc(CNC(=O)OCc2ccccc2)cs1. The summed E-state index contributed by atoms with van der Waals surface area (Å²) >= 11 is 1.56. The van der Waals surface area contributed by atoms with E-state index in [-0.39, 0.29) is 6.61 Å². The number of amides is 1. The van der Waals surface area contributed by atoms with Gasteiger partial charge in [0.2, 0.25) is 0 Å². The van der Waals surface area contributed by atoms with Crippen LogP contribution in [-0.4, -0.2) is 11.1 Å². The molecule has 1 N–H and O–H groups in total. The van der Waals surface area contributed by atoms with Crippen LogP contribution in [0.15, 0.2) is 35.7 Å². The van der Waals surface area contributed by atoms with Crippen molar-refractivity contribution in [2.24, 2.45) is 0 Å². The van der Waals surface area contributed by atoms with Gasteiger partial charge in [0.15, 0.2) is 0 Å². The number of aryl methyl sites for hydroxylation is 1. The Morgan fingerprint density at radius 1 is 1.39 bits per heavy atom. The lowest BCUT2D eigenvalue weighted by Gasteiger charge is -2.05. The van der Waals surface area contributed by atoms with Crippen molar-refractivity contribution in [3.05, 3.63) is 52.0 Å². The van der Waals surface area contributed by atoms with Gasteiger partial charge in [0.1, 0.15) is 6.61 Å². The molecule has 0 aliphatic rings. The zero-order chi connectivity index (χ0) is 12.8. The highest BCUT2D eigenvalue weighted by atomic mass is 32.1. The van der Waals surface area contributed by atoms with Crippen LogP contribution in [0.5, 0.6) is 0 Å². The molecule has 5 heteroatoms. The fourth-order valence-electron chi connectivity index (χ4n) is 1.43. The first-order valence-electron chi connectivity index (χ1n) is 5.59. The molecule has 0 aliphatic carbocycles. The molecule has 1 heterocycles. The van der Waals surface area contributed by atoms with E-state index < -0.39 is 6.09 Å². The van der Waals surface area contributed by atoms with Crippen LogP contribution in [0.25, 0.3) is 0 Å². The number of ether oxygens (including phenoxy) is 1. The molecule has 0 saturated carbocycles. The van der Waals surface area contributed by atoms with Crippen LogP contribution in [0.3, 0.4) is 0 Å². The Labute approximate surface area is 110 Å². The van der Waals surface area contributed by atoms with Gasteiger partial charge in [0, 0.05) is 5.38 Å². The van der Waals surface area contributed by atoms with Crippen LogP contribution in [0.2, 0.25) is 0 Å². The molecule has 0 aliphatic heterocycles. The third kappa shape index (κ3) is 3.85. The molecule has 18 heavy (non-hydrogen) atoms. The van der Waals surface area contributed by atoms with Crippen LogP contribution >= 0.6 is 11.3 Å². The Morgan fingerprint density at radius 2 is 2.17 bits per heavy atom. The van der Waals surface area contributed by atoms with Gasteiger partial charge in [-0.25, -0.2) is 9.78 Å². The monoisotopic (exact) mass is 262 g/mol. The topological polar surface area (TPSA) is 51.2 Å². The van der Waals surface area contributed by atoms with E-state index in [1.165, 1.54) is 0 Å². The Morgan fingerprint density at radius 3 is 2.83 bits per heavy atom. The van der Waals surface area contributed by atoms with Gasteiger partial charge in [-0.05, 0) is 12.5 Å². The molecule has 0 bridgehead atoms.